The molecule has 19 heavy (non-hydrogen) atoms. The molecular formula is C12H10ClF3O3. The van der Waals surface area contributed by atoms with Crippen LogP contribution in [0.4, 0.5) is 13.2 Å². The molecule has 1 aliphatic rings. The number of alkyl halides is 3. The van der Waals surface area contributed by atoms with E-state index in [1.165, 1.54) is 6.07 Å². The normalized spacial score (nSPS) is 14.1. The number of carbonyl (C=O) groups excluding carboxylic acids is 1. The number of rotatable bonds is 4. The summed E-state index contributed by atoms with van der Waals surface area (Å²) in [5.74, 6) is -0.185. The molecule has 0 aromatic heterocycles. The molecule has 0 unspecified atom stereocenters. The second-order valence-corrected chi connectivity index (χ2v) is 4.51. The van der Waals surface area contributed by atoms with Crippen molar-refractivity contribution in [1.82, 2.24) is 0 Å². The Hall–Kier alpha value is -1.27. The lowest BCUT2D eigenvalue weighted by Gasteiger charge is -2.10. The predicted octanol–water partition coefficient (Wildman–Crippen LogP) is 3.04. The van der Waals surface area contributed by atoms with Gasteiger partial charge in [0.05, 0.1) is 12.2 Å². The van der Waals surface area contributed by atoms with Crippen LogP contribution < -0.4 is 4.74 Å². The van der Waals surface area contributed by atoms with Gasteiger partial charge in [0, 0.05) is 11.4 Å². The van der Waals surface area contributed by atoms with Crippen molar-refractivity contribution >= 4 is 17.4 Å². The van der Waals surface area contributed by atoms with Crippen LogP contribution in [0.15, 0.2) is 12.1 Å². The quantitative estimate of drug-likeness (QED) is 0.801. The maximum atomic E-state index is 11.9. The SMILES string of the molecule is O=C(COCC(F)(F)F)c1cc(Cl)cc2c1OCC2. The van der Waals surface area contributed by atoms with Crippen molar-refractivity contribution in [3.8, 4) is 5.75 Å². The summed E-state index contributed by atoms with van der Waals surface area (Å²) in [5.41, 5.74) is 0.953. The van der Waals surface area contributed by atoms with Crippen molar-refractivity contribution in [2.24, 2.45) is 0 Å². The first-order chi connectivity index (χ1) is 8.87. The van der Waals surface area contributed by atoms with E-state index in [0.29, 0.717) is 23.8 Å². The topological polar surface area (TPSA) is 35.5 Å². The molecule has 3 nitrogen and oxygen atoms in total. The first-order valence-electron chi connectivity index (χ1n) is 5.50. The molecule has 0 bridgehead atoms. The summed E-state index contributed by atoms with van der Waals surface area (Å²) in [5, 5.41) is 0.350. The van der Waals surface area contributed by atoms with E-state index in [1.807, 2.05) is 0 Å². The lowest BCUT2D eigenvalue weighted by Crippen LogP contribution is -2.20. The fourth-order valence-corrected chi connectivity index (χ4v) is 2.05. The highest BCUT2D eigenvalue weighted by Crippen LogP contribution is 2.33. The zero-order chi connectivity index (χ0) is 14.0. The molecule has 0 saturated heterocycles. The van der Waals surface area contributed by atoms with Gasteiger partial charge in [0.15, 0.2) is 5.78 Å². The summed E-state index contributed by atoms with van der Waals surface area (Å²) in [7, 11) is 0. The van der Waals surface area contributed by atoms with Crippen molar-refractivity contribution in [3.63, 3.8) is 0 Å². The maximum Gasteiger partial charge on any atom is 0.411 e. The molecule has 1 heterocycles. The van der Waals surface area contributed by atoms with Crippen LogP contribution in [0.2, 0.25) is 5.02 Å². The Balaban J connectivity index is 2.08. The van der Waals surface area contributed by atoms with E-state index >= 15 is 0 Å². The summed E-state index contributed by atoms with van der Waals surface area (Å²) in [4.78, 5) is 11.8. The van der Waals surface area contributed by atoms with E-state index in [2.05, 4.69) is 4.74 Å². The second kappa shape index (κ2) is 5.38. The number of ether oxygens (including phenoxy) is 2. The van der Waals surface area contributed by atoms with Crippen molar-refractivity contribution in [3.05, 3.63) is 28.3 Å². The Bertz CT molecular complexity index is 500. The zero-order valence-corrected chi connectivity index (χ0v) is 10.5. The third-order valence-electron chi connectivity index (χ3n) is 2.55. The summed E-state index contributed by atoms with van der Waals surface area (Å²) in [6, 6.07) is 3.06. The van der Waals surface area contributed by atoms with Gasteiger partial charge in [-0.05, 0) is 17.7 Å². The van der Waals surface area contributed by atoms with Crippen molar-refractivity contribution in [1.29, 1.82) is 0 Å². The fraction of sp³-hybridized carbons (Fsp3) is 0.417. The van der Waals surface area contributed by atoms with E-state index in [4.69, 9.17) is 16.3 Å². The third-order valence-corrected chi connectivity index (χ3v) is 2.77. The molecule has 7 heteroatoms. The van der Waals surface area contributed by atoms with Crippen LogP contribution in [0.3, 0.4) is 0 Å². The minimum atomic E-state index is -4.45. The van der Waals surface area contributed by atoms with Crippen LogP contribution >= 0.6 is 11.6 Å². The summed E-state index contributed by atoms with van der Waals surface area (Å²) in [6.07, 6.45) is -3.83. The molecule has 0 radical (unpaired) electrons. The molecule has 104 valence electrons. The molecule has 1 aromatic carbocycles. The van der Waals surface area contributed by atoms with Gasteiger partial charge >= 0.3 is 6.18 Å². The van der Waals surface area contributed by atoms with Gasteiger partial charge in [-0.3, -0.25) is 4.79 Å². The highest BCUT2D eigenvalue weighted by Gasteiger charge is 2.28. The van der Waals surface area contributed by atoms with E-state index < -0.39 is 25.2 Å². The molecule has 0 N–H and O–H groups in total. The van der Waals surface area contributed by atoms with Gasteiger partial charge in [0.2, 0.25) is 0 Å². The maximum absolute atomic E-state index is 11.9. The first kappa shape index (κ1) is 14.1. The molecule has 1 aromatic rings. The van der Waals surface area contributed by atoms with Crippen molar-refractivity contribution in [2.45, 2.75) is 12.6 Å². The van der Waals surface area contributed by atoms with Gasteiger partial charge in [-0.25, -0.2) is 0 Å². The van der Waals surface area contributed by atoms with E-state index in [1.54, 1.807) is 6.07 Å². The molecule has 0 saturated carbocycles. The number of halogens is 4. The highest BCUT2D eigenvalue weighted by atomic mass is 35.5. The minimum absolute atomic E-state index is 0.169. The van der Waals surface area contributed by atoms with Crippen LogP contribution in [-0.4, -0.2) is 31.8 Å². The minimum Gasteiger partial charge on any atom is -0.492 e. The van der Waals surface area contributed by atoms with Crippen LogP contribution in [0.25, 0.3) is 0 Å². The van der Waals surface area contributed by atoms with Crippen LogP contribution in [0.5, 0.6) is 5.75 Å². The Kier molecular flexibility index (Phi) is 4.01. The number of Topliss-reactive ketones (excluding diaryl/α,β-unsaturated/α-hetero) is 1. The highest BCUT2D eigenvalue weighted by molar-refractivity contribution is 6.31. The molecular weight excluding hydrogens is 285 g/mol. The zero-order valence-electron chi connectivity index (χ0n) is 9.72. The predicted molar refractivity (Wildman–Crippen MR) is 61.9 cm³/mol. The molecule has 2 rings (SSSR count). The van der Waals surface area contributed by atoms with E-state index in [0.717, 1.165) is 5.56 Å². The second-order valence-electron chi connectivity index (χ2n) is 4.07. The smallest absolute Gasteiger partial charge is 0.411 e. The number of benzene rings is 1. The number of hydrogen-bond acceptors (Lipinski definition) is 3. The third kappa shape index (κ3) is 3.61. The Morgan fingerprint density at radius 1 is 1.42 bits per heavy atom. The van der Waals surface area contributed by atoms with Gasteiger partial charge < -0.3 is 9.47 Å². The molecule has 0 fully saturated rings. The lowest BCUT2D eigenvalue weighted by molar-refractivity contribution is -0.170. The average Bonchev–Trinajstić information content (AvgIpc) is 2.73. The Morgan fingerprint density at radius 2 is 2.16 bits per heavy atom. The molecule has 0 spiro atoms. The van der Waals surface area contributed by atoms with Gasteiger partial charge in [-0.1, -0.05) is 11.6 Å². The number of ketones is 1. The van der Waals surface area contributed by atoms with Crippen molar-refractivity contribution < 1.29 is 27.4 Å². The summed E-state index contributed by atoms with van der Waals surface area (Å²) >= 11 is 5.85. The monoisotopic (exact) mass is 294 g/mol. The van der Waals surface area contributed by atoms with Gasteiger partial charge in [-0.15, -0.1) is 0 Å². The first-order valence-corrected chi connectivity index (χ1v) is 5.87. The van der Waals surface area contributed by atoms with Crippen LogP contribution in [-0.2, 0) is 11.2 Å². The fourth-order valence-electron chi connectivity index (χ4n) is 1.81. The number of hydrogen-bond donors (Lipinski definition) is 0. The van der Waals surface area contributed by atoms with Crippen LogP contribution in [0, 0.1) is 0 Å². The van der Waals surface area contributed by atoms with Gasteiger partial charge in [0.25, 0.3) is 0 Å². The largest absolute Gasteiger partial charge is 0.492 e. The molecule has 0 amide bonds. The summed E-state index contributed by atoms with van der Waals surface area (Å²) < 4.78 is 45.4. The number of carbonyl (C=O) groups is 1. The Morgan fingerprint density at radius 3 is 2.84 bits per heavy atom. The van der Waals surface area contributed by atoms with Crippen molar-refractivity contribution in [2.75, 3.05) is 19.8 Å². The number of fused-ring (bicyclic) bond motifs is 1. The Labute approximate surface area is 112 Å². The molecule has 0 atom stereocenters. The van der Waals surface area contributed by atoms with Gasteiger partial charge in [-0.2, -0.15) is 13.2 Å². The van der Waals surface area contributed by atoms with E-state index in [9.17, 15) is 18.0 Å². The van der Waals surface area contributed by atoms with Crippen LogP contribution in [0.1, 0.15) is 15.9 Å². The standard InChI is InChI=1S/C12H10ClF3O3/c13-8-3-7-1-2-19-11(7)9(4-8)10(17)5-18-6-12(14,15)16/h3-4H,1-2,5-6H2. The molecule has 1 aliphatic heterocycles. The van der Waals surface area contributed by atoms with Gasteiger partial charge in [0.1, 0.15) is 19.0 Å². The summed E-state index contributed by atoms with van der Waals surface area (Å²) in [6.45, 7) is -1.68. The lowest BCUT2D eigenvalue weighted by atomic mass is 10.1. The van der Waals surface area contributed by atoms with E-state index in [-0.39, 0.29) is 5.56 Å². The average molecular weight is 295 g/mol. The molecule has 0 aliphatic carbocycles.